The van der Waals surface area contributed by atoms with Crippen LogP contribution in [0.1, 0.15) is 32.1 Å². The van der Waals surface area contributed by atoms with Gasteiger partial charge in [-0.1, -0.05) is 12.8 Å². The molecule has 2 N–H and O–H groups in total. The number of hydrogen-bond acceptors (Lipinski definition) is 2. The van der Waals surface area contributed by atoms with Gasteiger partial charge in [0, 0.05) is 12.6 Å². The van der Waals surface area contributed by atoms with Crippen molar-refractivity contribution >= 4 is 5.91 Å². The third-order valence-electron chi connectivity index (χ3n) is 3.46. The minimum atomic E-state index is -0.111. The van der Waals surface area contributed by atoms with Gasteiger partial charge >= 0.3 is 0 Å². The summed E-state index contributed by atoms with van der Waals surface area (Å²) in [7, 11) is 0. The maximum absolute atomic E-state index is 11.0. The molecule has 1 saturated heterocycles. The number of primary amides is 1. The molecule has 0 aromatic heterocycles. The SMILES string of the molecule is NC(=O)C1CCN(C2CCCC2)C1. The second kappa shape index (κ2) is 3.66. The fourth-order valence-electron chi connectivity index (χ4n) is 2.62. The third kappa shape index (κ3) is 1.85. The van der Waals surface area contributed by atoms with E-state index in [4.69, 9.17) is 5.73 Å². The molecule has 3 heteroatoms. The molecule has 3 nitrogen and oxygen atoms in total. The maximum Gasteiger partial charge on any atom is 0.221 e. The number of nitrogens with zero attached hydrogens (tertiary/aromatic N) is 1. The first-order valence-corrected chi connectivity index (χ1v) is 5.31. The highest BCUT2D eigenvalue weighted by atomic mass is 16.1. The number of rotatable bonds is 2. The van der Waals surface area contributed by atoms with Crippen molar-refractivity contribution < 1.29 is 4.79 Å². The molecule has 0 aromatic rings. The molecule has 74 valence electrons. The van der Waals surface area contributed by atoms with E-state index in [1.165, 1.54) is 25.7 Å². The van der Waals surface area contributed by atoms with E-state index in [2.05, 4.69) is 4.90 Å². The molecule has 0 bridgehead atoms. The van der Waals surface area contributed by atoms with E-state index in [-0.39, 0.29) is 11.8 Å². The maximum atomic E-state index is 11.0. The van der Waals surface area contributed by atoms with E-state index < -0.39 is 0 Å². The summed E-state index contributed by atoms with van der Waals surface area (Å²) >= 11 is 0. The highest BCUT2D eigenvalue weighted by Crippen LogP contribution is 2.28. The molecule has 1 amide bonds. The van der Waals surface area contributed by atoms with E-state index in [1.807, 2.05) is 0 Å². The summed E-state index contributed by atoms with van der Waals surface area (Å²) in [5, 5.41) is 0. The summed E-state index contributed by atoms with van der Waals surface area (Å²) in [5.41, 5.74) is 5.29. The smallest absolute Gasteiger partial charge is 0.221 e. The zero-order chi connectivity index (χ0) is 9.26. The summed E-state index contributed by atoms with van der Waals surface area (Å²) in [4.78, 5) is 13.4. The monoisotopic (exact) mass is 182 g/mol. The molecule has 1 aliphatic heterocycles. The van der Waals surface area contributed by atoms with Crippen molar-refractivity contribution in [3.8, 4) is 0 Å². The van der Waals surface area contributed by atoms with Gasteiger partial charge in [-0.15, -0.1) is 0 Å². The van der Waals surface area contributed by atoms with Crippen molar-refractivity contribution in [1.82, 2.24) is 4.90 Å². The van der Waals surface area contributed by atoms with E-state index >= 15 is 0 Å². The standard InChI is InChI=1S/C10H18N2O/c11-10(13)8-5-6-12(7-8)9-3-1-2-4-9/h8-9H,1-7H2,(H2,11,13). The molecule has 1 heterocycles. The molecule has 0 aromatic carbocycles. The molecule has 2 rings (SSSR count). The van der Waals surface area contributed by atoms with Crippen molar-refractivity contribution in [2.24, 2.45) is 11.7 Å². The van der Waals surface area contributed by atoms with Crippen LogP contribution in [-0.4, -0.2) is 29.9 Å². The summed E-state index contributed by atoms with van der Waals surface area (Å²) in [6.07, 6.45) is 6.35. The molecule has 2 fully saturated rings. The molecule has 1 atom stereocenters. The normalized spacial score (nSPS) is 31.2. The highest BCUT2D eigenvalue weighted by Gasteiger charge is 2.32. The summed E-state index contributed by atoms with van der Waals surface area (Å²) in [5.74, 6) is 0.0149. The van der Waals surface area contributed by atoms with Crippen LogP contribution in [0.5, 0.6) is 0 Å². The second-order valence-electron chi connectivity index (χ2n) is 4.32. The molecule has 1 aliphatic carbocycles. The van der Waals surface area contributed by atoms with Gasteiger partial charge in [-0.2, -0.15) is 0 Å². The first kappa shape index (κ1) is 9.00. The Labute approximate surface area is 79.3 Å². The number of likely N-dealkylation sites (tertiary alicyclic amines) is 1. The number of amides is 1. The topological polar surface area (TPSA) is 46.3 Å². The van der Waals surface area contributed by atoms with Gasteiger partial charge in [-0.3, -0.25) is 9.69 Å². The Bertz CT molecular complexity index is 199. The Morgan fingerprint density at radius 2 is 1.92 bits per heavy atom. The molecule has 1 saturated carbocycles. The Morgan fingerprint density at radius 3 is 2.46 bits per heavy atom. The minimum Gasteiger partial charge on any atom is -0.369 e. The number of carbonyl (C=O) groups excluding carboxylic acids is 1. The Balaban J connectivity index is 1.86. The lowest BCUT2D eigenvalue weighted by molar-refractivity contribution is -0.121. The van der Waals surface area contributed by atoms with Gasteiger partial charge in [-0.05, 0) is 25.8 Å². The van der Waals surface area contributed by atoms with E-state index in [0.717, 1.165) is 25.6 Å². The van der Waals surface area contributed by atoms with Crippen molar-refractivity contribution in [1.29, 1.82) is 0 Å². The molecule has 0 spiro atoms. The first-order valence-electron chi connectivity index (χ1n) is 5.31. The van der Waals surface area contributed by atoms with Gasteiger partial charge in [0.25, 0.3) is 0 Å². The van der Waals surface area contributed by atoms with Crippen LogP contribution in [-0.2, 0) is 4.79 Å². The minimum absolute atomic E-state index is 0.111. The van der Waals surface area contributed by atoms with Gasteiger partial charge in [0.1, 0.15) is 0 Å². The van der Waals surface area contributed by atoms with Gasteiger partial charge < -0.3 is 5.73 Å². The van der Waals surface area contributed by atoms with Gasteiger partial charge in [0.05, 0.1) is 5.92 Å². The number of hydrogen-bond donors (Lipinski definition) is 1. The molecule has 13 heavy (non-hydrogen) atoms. The van der Waals surface area contributed by atoms with Crippen LogP contribution in [0.2, 0.25) is 0 Å². The second-order valence-corrected chi connectivity index (χ2v) is 4.32. The summed E-state index contributed by atoms with van der Waals surface area (Å²) < 4.78 is 0. The summed E-state index contributed by atoms with van der Waals surface area (Å²) in [6.45, 7) is 2.00. The van der Waals surface area contributed by atoms with Crippen molar-refractivity contribution in [2.75, 3.05) is 13.1 Å². The van der Waals surface area contributed by atoms with Crippen LogP contribution in [0, 0.1) is 5.92 Å². The van der Waals surface area contributed by atoms with E-state index in [1.54, 1.807) is 0 Å². The van der Waals surface area contributed by atoms with Crippen LogP contribution in [0.25, 0.3) is 0 Å². The number of nitrogens with two attached hydrogens (primary N) is 1. The predicted octanol–water partition coefficient (Wildman–Crippen LogP) is 0.736. The van der Waals surface area contributed by atoms with Crippen molar-refractivity contribution in [2.45, 2.75) is 38.1 Å². The fourth-order valence-corrected chi connectivity index (χ4v) is 2.62. The van der Waals surface area contributed by atoms with Gasteiger partial charge in [-0.25, -0.2) is 0 Å². The van der Waals surface area contributed by atoms with Crippen molar-refractivity contribution in [3.05, 3.63) is 0 Å². The molecular formula is C10H18N2O. The van der Waals surface area contributed by atoms with Gasteiger partial charge in [0.15, 0.2) is 0 Å². The average Bonchev–Trinajstić information content (AvgIpc) is 2.75. The molecule has 2 aliphatic rings. The lowest BCUT2D eigenvalue weighted by atomic mass is 10.1. The largest absolute Gasteiger partial charge is 0.369 e. The Kier molecular flexibility index (Phi) is 2.54. The lowest BCUT2D eigenvalue weighted by Gasteiger charge is -2.22. The van der Waals surface area contributed by atoms with Crippen LogP contribution < -0.4 is 5.73 Å². The first-order chi connectivity index (χ1) is 6.27. The Hall–Kier alpha value is -0.570. The Morgan fingerprint density at radius 1 is 1.23 bits per heavy atom. The van der Waals surface area contributed by atoms with Gasteiger partial charge in [0.2, 0.25) is 5.91 Å². The molecule has 1 unspecified atom stereocenters. The summed E-state index contributed by atoms with van der Waals surface area (Å²) in [6, 6.07) is 0.754. The van der Waals surface area contributed by atoms with Crippen LogP contribution >= 0.6 is 0 Å². The van der Waals surface area contributed by atoms with Crippen molar-refractivity contribution in [3.63, 3.8) is 0 Å². The van der Waals surface area contributed by atoms with Crippen LogP contribution in [0.3, 0.4) is 0 Å². The average molecular weight is 182 g/mol. The number of carbonyl (C=O) groups is 1. The van der Waals surface area contributed by atoms with Crippen LogP contribution in [0.4, 0.5) is 0 Å². The quantitative estimate of drug-likeness (QED) is 0.684. The van der Waals surface area contributed by atoms with Crippen LogP contribution in [0.15, 0.2) is 0 Å². The van der Waals surface area contributed by atoms with E-state index in [0.29, 0.717) is 0 Å². The molecule has 0 radical (unpaired) electrons. The third-order valence-corrected chi connectivity index (χ3v) is 3.46. The van der Waals surface area contributed by atoms with E-state index in [9.17, 15) is 4.79 Å². The fraction of sp³-hybridized carbons (Fsp3) is 0.900. The zero-order valence-electron chi connectivity index (χ0n) is 8.04. The predicted molar refractivity (Wildman–Crippen MR) is 51.1 cm³/mol. The highest BCUT2D eigenvalue weighted by molar-refractivity contribution is 5.77. The molecular weight excluding hydrogens is 164 g/mol. The lowest BCUT2D eigenvalue weighted by Crippen LogP contribution is -2.33. The zero-order valence-corrected chi connectivity index (χ0v) is 8.04.